The summed E-state index contributed by atoms with van der Waals surface area (Å²) in [5.41, 5.74) is 2.40. The summed E-state index contributed by atoms with van der Waals surface area (Å²) in [7, 11) is 0. The van der Waals surface area contributed by atoms with Crippen LogP contribution in [0.15, 0.2) is 18.2 Å². The number of nitrogens with one attached hydrogen (secondary N) is 2. The van der Waals surface area contributed by atoms with E-state index in [2.05, 4.69) is 17.6 Å². The molecule has 2 heterocycles. The van der Waals surface area contributed by atoms with E-state index in [4.69, 9.17) is 0 Å². The maximum absolute atomic E-state index is 12.6. The molecular weight excluding hydrogens is 322 g/mol. The average molecular weight is 347 g/mol. The van der Waals surface area contributed by atoms with Crippen molar-refractivity contribution in [2.45, 2.75) is 32.7 Å². The van der Waals surface area contributed by atoms with Gasteiger partial charge in [0.1, 0.15) is 0 Å². The predicted molar refractivity (Wildman–Crippen MR) is 98.4 cm³/mol. The monoisotopic (exact) mass is 347 g/mol. The number of aryl methyl sites for hydroxylation is 1. The van der Waals surface area contributed by atoms with Crippen molar-refractivity contribution >= 4 is 29.3 Å². The second-order valence-electron chi connectivity index (χ2n) is 6.77. The molecule has 2 aliphatic rings. The highest BCUT2D eigenvalue weighted by Gasteiger charge is 2.24. The van der Waals surface area contributed by atoms with Crippen LogP contribution in [-0.2, 0) is 4.79 Å². The van der Waals surface area contributed by atoms with Gasteiger partial charge in [0, 0.05) is 36.0 Å². The minimum atomic E-state index is -0.133. The lowest BCUT2D eigenvalue weighted by atomic mass is 9.98. The molecule has 5 nitrogen and oxygen atoms in total. The Morgan fingerprint density at radius 2 is 2.04 bits per heavy atom. The fraction of sp³-hybridized carbons (Fsp3) is 0.556. The number of thioether (sulfide) groups is 1. The summed E-state index contributed by atoms with van der Waals surface area (Å²) in [4.78, 5) is 26.8. The zero-order valence-corrected chi connectivity index (χ0v) is 15.1. The van der Waals surface area contributed by atoms with Crippen molar-refractivity contribution < 1.29 is 9.59 Å². The zero-order valence-electron chi connectivity index (χ0n) is 14.3. The first kappa shape index (κ1) is 17.3. The van der Waals surface area contributed by atoms with Crippen LogP contribution in [0.3, 0.4) is 0 Å². The number of hydrogen-bond acceptors (Lipinski definition) is 4. The van der Waals surface area contributed by atoms with E-state index in [1.54, 1.807) is 11.8 Å². The van der Waals surface area contributed by atoms with E-state index in [9.17, 15) is 9.59 Å². The van der Waals surface area contributed by atoms with Crippen LogP contribution >= 0.6 is 11.8 Å². The van der Waals surface area contributed by atoms with Crippen molar-refractivity contribution in [2.75, 3.05) is 30.0 Å². The molecule has 2 saturated heterocycles. The average Bonchev–Trinajstić information content (AvgIpc) is 3.11. The molecule has 24 heavy (non-hydrogen) atoms. The molecule has 1 aromatic carbocycles. The van der Waals surface area contributed by atoms with Gasteiger partial charge in [-0.25, -0.2) is 0 Å². The first-order valence-corrected chi connectivity index (χ1v) is 9.72. The van der Waals surface area contributed by atoms with Crippen molar-refractivity contribution in [3.05, 3.63) is 29.3 Å². The van der Waals surface area contributed by atoms with E-state index in [1.807, 2.05) is 30.0 Å². The SMILES string of the molecule is Cc1cc(C(=O)N2CCC(C)CC2)ccc1NC(=O)[C@H]1CSCN1. The molecule has 2 N–H and O–H groups in total. The van der Waals surface area contributed by atoms with Crippen LogP contribution in [-0.4, -0.2) is 47.5 Å². The van der Waals surface area contributed by atoms with Crippen molar-refractivity contribution in [1.29, 1.82) is 0 Å². The summed E-state index contributed by atoms with van der Waals surface area (Å²) in [5.74, 6) is 2.41. The van der Waals surface area contributed by atoms with Gasteiger partial charge in [0.2, 0.25) is 5.91 Å². The molecule has 0 spiro atoms. The summed E-state index contributed by atoms with van der Waals surface area (Å²) < 4.78 is 0. The Morgan fingerprint density at radius 3 is 2.67 bits per heavy atom. The molecule has 130 valence electrons. The van der Waals surface area contributed by atoms with Crippen LogP contribution in [0.5, 0.6) is 0 Å². The van der Waals surface area contributed by atoms with E-state index >= 15 is 0 Å². The maximum atomic E-state index is 12.6. The summed E-state index contributed by atoms with van der Waals surface area (Å²) in [5, 5.41) is 6.13. The predicted octanol–water partition coefficient (Wildman–Crippen LogP) is 2.47. The Morgan fingerprint density at radius 1 is 1.29 bits per heavy atom. The van der Waals surface area contributed by atoms with Gasteiger partial charge in [-0.2, -0.15) is 0 Å². The van der Waals surface area contributed by atoms with Gasteiger partial charge in [-0.3, -0.25) is 14.9 Å². The highest BCUT2D eigenvalue weighted by molar-refractivity contribution is 7.99. The highest BCUT2D eigenvalue weighted by atomic mass is 32.2. The third kappa shape index (κ3) is 3.92. The van der Waals surface area contributed by atoms with Crippen LogP contribution in [0.2, 0.25) is 0 Å². The summed E-state index contributed by atoms with van der Waals surface area (Å²) >= 11 is 1.73. The van der Waals surface area contributed by atoms with E-state index in [-0.39, 0.29) is 17.9 Å². The standard InChI is InChI=1S/C18H25N3O2S/c1-12-5-7-21(8-6-12)18(23)14-3-4-15(13(2)9-14)20-17(22)16-10-24-11-19-16/h3-4,9,12,16,19H,5-8,10-11H2,1-2H3,(H,20,22)/t16-/m1/s1. The lowest BCUT2D eigenvalue weighted by Gasteiger charge is -2.30. The molecule has 2 fully saturated rings. The zero-order chi connectivity index (χ0) is 17.1. The fourth-order valence-electron chi connectivity index (χ4n) is 3.11. The number of anilines is 1. The van der Waals surface area contributed by atoms with Crippen LogP contribution < -0.4 is 10.6 Å². The molecule has 0 bridgehead atoms. The van der Waals surface area contributed by atoms with Crippen molar-refractivity contribution in [3.8, 4) is 0 Å². The van der Waals surface area contributed by atoms with Gasteiger partial charge in [-0.1, -0.05) is 6.92 Å². The Kier molecular flexibility index (Phi) is 5.46. The van der Waals surface area contributed by atoms with E-state index in [0.717, 1.165) is 48.8 Å². The molecule has 2 amide bonds. The number of benzene rings is 1. The molecule has 6 heteroatoms. The molecule has 0 saturated carbocycles. The molecule has 0 radical (unpaired) electrons. The van der Waals surface area contributed by atoms with Crippen molar-refractivity contribution in [2.24, 2.45) is 5.92 Å². The molecule has 3 rings (SSSR count). The Hall–Kier alpha value is -1.53. The fourth-order valence-corrected chi connectivity index (χ4v) is 4.06. The first-order chi connectivity index (χ1) is 11.5. The van der Waals surface area contributed by atoms with Gasteiger partial charge < -0.3 is 10.2 Å². The number of amides is 2. The van der Waals surface area contributed by atoms with E-state index in [0.29, 0.717) is 11.5 Å². The molecular formula is C18H25N3O2S. The minimum Gasteiger partial charge on any atom is -0.339 e. The normalized spacial score (nSPS) is 21.8. The molecule has 1 aromatic rings. The lowest BCUT2D eigenvalue weighted by molar-refractivity contribution is -0.117. The van der Waals surface area contributed by atoms with Gasteiger partial charge in [-0.05, 0) is 49.4 Å². The van der Waals surface area contributed by atoms with Crippen LogP contribution in [0.1, 0.15) is 35.7 Å². The van der Waals surface area contributed by atoms with E-state index in [1.165, 1.54) is 0 Å². The summed E-state index contributed by atoms with van der Waals surface area (Å²) in [6, 6.07) is 5.41. The number of rotatable bonds is 3. The Bertz CT molecular complexity index is 621. The van der Waals surface area contributed by atoms with Gasteiger partial charge in [0.15, 0.2) is 0 Å². The van der Waals surface area contributed by atoms with Gasteiger partial charge in [0.25, 0.3) is 5.91 Å². The third-order valence-electron chi connectivity index (χ3n) is 4.83. The third-order valence-corrected chi connectivity index (χ3v) is 5.77. The number of piperidine rings is 1. The van der Waals surface area contributed by atoms with Crippen LogP contribution in [0, 0.1) is 12.8 Å². The number of likely N-dealkylation sites (tertiary alicyclic amines) is 1. The molecule has 0 unspecified atom stereocenters. The Balaban J connectivity index is 1.65. The van der Waals surface area contributed by atoms with Crippen molar-refractivity contribution in [1.82, 2.24) is 10.2 Å². The van der Waals surface area contributed by atoms with Gasteiger partial charge in [-0.15, -0.1) is 11.8 Å². The molecule has 2 aliphatic heterocycles. The van der Waals surface area contributed by atoms with Gasteiger partial charge in [0.05, 0.1) is 6.04 Å². The summed E-state index contributed by atoms with van der Waals surface area (Å²) in [6.45, 7) is 5.84. The van der Waals surface area contributed by atoms with Crippen LogP contribution in [0.25, 0.3) is 0 Å². The Labute approximate surface area is 147 Å². The number of carbonyl (C=O) groups is 2. The molecule has 0 aliphatic carbocycles. The minimum absolute atomic E-state index is 0.00723. The largest absolute Gasteiger partial charge is 0.339 e. The molecule has 0 aromatic heterocycles. The number of hydrogen-bond donors (Lipinski definition) is 2. The quantitative estimate of drug-likeness (QED) is 0.882. The van der Waals surface area contributed by atoms with Gasteiger partial charge >= 0.3 is 0 Å². The molecule has 1 atom stereocenters. The summed E-state index contributed by atoms with van der Waals surface area (Å²) in [6.07, 6.45) is 2.15. The van der Waals surface area contributed by atoms with E-state index < -0.39 is 0 Å². The number of nitrogens with zero attached hydrogens (tertiary/aromatic N) is 1. The second kappa shape index (κ2) is 7.57. The smallest absolute Gasteiger partial charge is 0.253 e. The van der Waals surface area contributed by atoms with Crippen molar-refractivity contribution in [3.63, 3.8) is 0 Å². The number of carbonyl (C=O) groups excluding carboxylic acids is 2. The topological polar surface area (TPSA) is 61.4 Å². The first-order valence-electron chi connectivity index (χ1n) is 8.56. The second-order valence-corrected chi connectivity index (χ2v) is 7.80. The lowest BCUT2D eigenvalue weighted by Crippen LogP contribution is -2.38. The van der Waals surface area contributed by atoms with Crippen LogP contribution in [0.4, 0.5) is 5.69 Å². The highest BCUT2D eigenvalue weighted by Crippen LogP contribution is 2.22. The maximum Gasteiger partial charge on any atom is 0.253 e.